The zero-order chi connectivity index (χ0) is 19.0. The molecule has 0 aliphatic rings. The highest BCUT2D eigenvalue weighted by Crippen LogP contribution is 2.33. The number of rotatable bonds is 7. The van der Waals surface area contributed by atoms with Crippen molar-refractivity contribution >= 4 is 17.6 Å². The van der Waals surface area contributed by atoms with E-state index >= 15 is 0 Å². The highest BCUT2D eigenvalue weighted by atomic mass is 35.5. The smallest absolute Gasteiger partial charge is 0.330 e. The first kappa shape index (κ1) is 21.0. The first-order valence-electron chi connectivity index (χ1n) is 8.22. The van der Waals surface area contributed by atoms with Crippen LogP contribution in [-0.2, 0) is 16.0 Å². The molecule has 25 heavy (non-hydrogen) atoms. The number of esters is 1. The van der Waals surface area contributed by atoms with E-state index in [0.29, 0.717) is 5.02 Å². The molecule has 0 amide bonds. The lowest BCUT2D eigenvalue weighted by molar-refractivity contribution is -0.134. The fourth-order valence-electron chi connectivity index (χ4n) is 2.56. The van der Waals surface area contributed by atoms with Gasteiger partial charge in [0, 0.05) is 6.08 Å². The minimum Gasteiger partial charge on any atom is -0.495 e. The summed E-state index contributed by atoms with van der Waals surface area (Å²) in [6.45, 7) is 8.08. The molecule has 0 fully saturated rings. The standard InChI is InChI=1S/C21H27ClO3/c1-14(8-7-9-15(2)12-20(23)25-6)10-11-18-16(3)13-19(24-5)21(22)17(18)4/h7-9,12-13H,10-11H2,1-6H3/b9-7+,14-8+,15-12+. The minimum atomic E-state index is -0.342. The van der Waals surface area contributed by atoms with Gasteiger partial charge in [0.2, 0.25) is 0 Å². The molecule has 0 aliphatic heterocycles. The summed E-state index contributed by atoms with van der Waals surface area (Å²) >= 11 is 6.36. The van der Waals surface area contributed by atoms with Gasteiger partial charge >= 0.3 is 5.97 Å². The fraction of sp³-hybridized carbons (Fsp3) is 0.381. The molecule has 136 valence electrons. The fourth-order valence-corrected chi connectivity index (χ4v) is 2.80. The number of allylic oxidation sites excluding steroid dienone is 5. The molecule has 3 nitrogen and oxygen atoms in total. The number of carbonyl (C=O) groups is 1. The molecule has 0 atom stereocenters. The molecular weight excluding hydrogens is 336 g/mol. The maximum absolute atomic E-state index is 11.1. The van der Waals surface area contributed by atoms with Gasteiger partial charge < -0.3 is 9.47 Å². The summed E-state index contributed by atoms with van der Waals surface area (Å²) in [7, 11) is 3.00. The van der Waals surface area contributed by atoms with Gasteiger partial charge in [-0.05, 0) is 68.9 Å². The highest BCUT2D eigenvalue weighted by Gasteiger charge is 2.12. The van der Waals surface area contributed by atoms with E-state index in [0.717, 1.165) is 29.7 Å². The quantitative estimate of drug-likeness (QED) is 0.364. The Morgan fingerprint density at radius 1 is 1.24 bits per heavy atom. The van der Waals surface area contributed by atoms with E-state index in [9.17, 15) is 4.79 Å². The van der Waals surface area contributed by atoms with Crippen molar-refractivity contribution in [2.45, 2.75) is 40.5 Å². The van der Waals surface area contributed by atoms with Gasteiger partial charge in [-0.2, -0.15) is 0 Å². The Morgan fingerprint density at radius 3 is 2.52 bits per heavy atom. The Labute approximate surface area is 156 Å². The molecule has 0 saturated heterocycles. The van der Waals surface area contributed by atoms with Crippen molar-refractivity contribution in [2.24, 2.45) is 0 Å². The second-order valence-electron chi connectivity index (χ2n) is 6.10. The summed E-state index contributed by atoms with van der Waals surface area (Å²) in [6, 6.07) is 1.99. The van der Waals surface area contributed by atoms with Crippen LogP contribution in [0.5, 0.6) is 5.75 Å². The Hall–Kier alpha value is -2.00. The summed E-state index contributed by atoms with van der Waals surface area (Å²) in [5.41, 5.74) is 5.65. The van der Waals surface area contributed by atoms with E-state index in [1.807, 2.05) is 32.1 Å². The van der Waals surface area contributed by atoms with Crippen molar-refractivity contribution in [3.8, 4) is 5.75 Å². The van der Waals surface area contributed by atoms with E-state index in [-0.39, 0.29) is 5.97 Å². The van der Waals surface area contributed by atoms with Gasteiger partial charge in [0.25, 0.3) is 0 Å². The summed E-state index contributed by atoms with van der Waals surface area (Å²) < 4.78 is 9.91. The van der Waals surface area contributed by atoms with Gasteiger partial charge in [0.15, 0.2) is 0 Å². The van der Waals surface area contributed by atoms with E-state index in [2.05, 4.69) is 24.7 Å². The lowest BCUT2D eigenvalue weighted by Crippen LogP contribution is -1.98. The number of ether oxygens (including phenoxy) is 2. The third-order valence-corrected chi connectivity index (χ3v) is 4.57. The van der Waals surface area contributed by atoms with Gasteiger partial charge in [-0.25, -0.2) is 4.79 Å². The van der Waals surface area contributed by atoms with Crippen molar-refractivity contribution < 1.29 is 14.3 Å². The first-order valence-corrected chi connectivity index (χ1v) is 8.60. The van der Waals surface area contributed by atoms with E-state index in [1.165, 1.54) is 29.9 Å². The molecule has 0 aliphatic carbocycles. The van der Waals surface area contributed by atoms with E-state index < -0.39 is 0 Å². The third kappa shape index (κ3) is 6.43. The molecule has 0 spiro atoms. The van der Waals surface area contributed by atoms with Crippen molar-refractivity contribution in [3.63, 3.8) is 0 Å². The van der Waals surface area contributed by atoms with Gasteiger partial charge in [-0.1, -0.05) is 35.4 Å². The van der Waals surface area contributed by atoms with Crippen LogP contribution >= 0.6 is 11.6 Å². The van der Waals surface area contributed by atoms with Crippen molar-refractivity contribution in [1.29, 1.82) is 0 Å². The summed E-state index contributed by atoms with van der Waals surface area (Å²) in [5.74, 6) is 0.383. The molecular formula is C21H27ClO3. The largest absolute Gasteiger partial charge is 0.495 e. The van der Waals surface area contributed by atoms with Gasteiger partial charge in [-0.3, -0.25) is 0 Å². The molecule has 0 N–H and O–H groups in total. The van der Waals surface area contributed by atoms with Crippen LogP contribution in [0.2, 0.25) is 5.02 Å². The maximum atomic E-state index is 11.1. The number of benzene rings is 1. The lowest BCUT2D eigenvalue weighted by atomic mass is 9.96. The number of aryl methyl sites for hydroxylation is 1. The van der Waals surface area contributed by atoms with Gasteiger partial charge in [-0.15, -0.1) is 0 Å². The predicted molar refractivity (Wildman–Crippen MR) is 104 cm³/mol. The topological polar surface area (TPSA) is 35.5 Å². The number of halogens is 1. The normalized spacial score (nSPS) is 12.6. The second kappa shape index (κ2) is 10.1. The van der Waals surface area contributed by atoms with Gasteiger partial charge in [0.05, 0.1) is 19.2 Å². The molecule has 0 aromatic heterocycles. The Kier molecular flexibility index (Phi) is 8.50. The minimum absolute atomic E-state index is 0.342. The average Bonchev–Trinajstić information content (AvgIpc) is 2.57. The van der Waals surface area contributed by atoms with Crippen LogP contribution in [0.4, 0.5) is 0 Å². The molecule has 1 aromatic rings. The molecule has 0 radical (unpaired) electrons. The van der Waals surface area contributed by atoms with Crippen LogP contribution in [0, 0.1) is 13.8 Å². The second-order valence-corrected chi connectivity index (χ2v) is 6.47. The molecule has 0 heterocycles. The molecule has 0 unspecified atom stereocenters. The van der Waals surface area contributed by atoms with Crippen molar-refractivity contribution in [2.75, 3.05) is 14.2 Å². The number of methoxy groups -OCH3 is 2. The van der Waals surface area contributed by atoms with Gasteiger partial charge in [0.1, 0.15) is 5.75 Å². The molecule has 0 saturated carbocycles. The Balaban J connectivity index is 2.77. The Morgan fingerprint density at radius 2 is 1.92 bits per heavy atom. The predicted octanol–water partition coefficient (Wildman–Crippen LogP) is 5.52. The zero-order valence-corrected chi connectivity index (χ0v) is 16.7. The Bertz CT molecular complexity index is 712. The SMILES string of the molecule is COC(=O)/C=C(C)/C=C/C=C(\C)CCc1c(C)cc(OC)c(Cl)c1C. The lowest BCUT2D eigenvalue weighted by Gasteiger charge is -2.14. The van der Waals surface area contributed by atoms with Crippen LogP contribution in [0.3, 0.4) is 0 Å². The molecule has 1 aromatic carbocycles. The number of hydrogen-bond acceptors (Lipinski definition) is 3. The zero-order valence-electron chi connectivity index (χ0n) is 15.9. The average molecular weight is 363 g/mol. The summed E-state index contributed by atoms with van der Waals surface area (Å²) in [5, 5.41) is 0.688. The van der Waals surface area contributed by atoms with Crippen LogP contribution in [0.1, 0.15) is 37.0 Å². The van der Waals surface area contributed by atoms with E-state index in [4.69, 9.17) is 16.3 Å². The number of hydrogen-bond donors (Lipinski definition) is 0. The monoisotopic (exact) mass is 362 g/mol. The summed E-state index contributed by atoms with van der Waals surface area (Å²) in [6.07, 6.45) is 9.23. The third-order valence-electron chi connectivity index (χ3n) is 4.10. The molecule has 0 bridgehead atoms. The van der Waals surface area contributed by atoms with Crippen molar-refractivity contribution in [1.82, 2.24) is 0 Å². The maximum Gasteiger partial charge on any atom is 0.330 e. The van der Waals surface area contributed by atoms with Crippen LogP contribution in [-0.4, -0.2) is 20.2 Å². The van der Waals surface area contributed by atoms with Crippen LogP contribution in [0.15, 0.2) is 41.5 Å². The first-order chi connectivity index (χ1) is 11.8. The van der Waals surface area contributed by atoms with Crippen LogP contribution < -0.4 is 4.74 Å². The molecule has 1 rings (SSSR count). The summed E-state index contributed by atoms with van der Waals surface area (Å²) in [4.78, 5) is 11.1. The van der Waals surface area contributed by atoms with Crippen molar-refractivity contribution in [3.05, 3.63) is 63.2 Å². The van der Waals surface area contributed by atoms with Crippen LogP contribution in [0.25, 0.3) is 0 Å². The molecule has 4 heteroatoms. The van der Waals surface area contributed by atoms with E-state index in [1.54, 1.807) is 7.11 Å². The number of carbonyl (C=O) groups excluding carboxylic acids is 1. The highest BCUT2D eigenvalue weighted by molar-refractivity contribution is 6.33.